The fraction of sp³-hybridized carbons (Fsp3) is 0.600. The number of carbonyl (C=O) groups excluding carboxylic acids is 2. The standard InChI is InChI=1S/C20H28N2O3/c1-14-9-10-18(23)16(12-14)17-8-5-11-22(17)19(24)13-21-20(25)15-6-3-2-4-7-15/h2-4,6-7,14,16-18,23H,5,8-13H2,1H3,(H,21,25). The Balaban J connectivity index is 1.58. The van der Waals surface area contributed by atoms with Crippen LogP contribution in [-0.4, -0.2) is 47.1 Å². The molecule has 1 saturated carbocycles. The summed E-state index contributed by atoms with van der Waals surface area (Å²) in [7, 11) is 0. The molecular weight excluding hydrogens is 316 g/mol. The van der Waals surface area contributed by atoms with Crippen LogP contribution in [0.25, 0.3) is 0 Å². The molecule has 3 rings (SSSR count). The molecule has 136 valence electrons. The summed E-state index contributed by atoms with van der Waals surface area (Å²) in [6, 6.07) is 9.04. The summed E-state index contributed by atoms with van der Waals surface area (Å²) in [6.45, 7) is 2.96. The Morgan fingerprint density at radius 1 is 1.20 bits per heavy atom. The largest absolute Gasteiger partial charge is 0.393 e. The monoisotopic (exact) mass is 344 g/mol. The van der Waals surface area contributed by atoms with Gasteiger partial charge in [-0.2, -0.15) is 0 Å². The molecular formula is C20H28N2O3. The summed E-state index contributed by atoms with van der Waals surface area (Å²) in [5.41, 5.74) is 0.560. The van der Waals surface area contributed by atoms with Gasteiger partial charge < -0.3 is 15.3 Å². The highest BCUT2D eigenvalue weighted by Crippen LogP contribution is 2.37. The van der Waals surface area contributed by atoms with E-state index < -0.39 is 0 Å². The van der Waals surface area contributed by atoms with E-state index in [4.69, 9.17) is 0 Å². The van der Waals surface area contributed by atoms with Crippen molar-refractivity contribution in [1.29, 1.82) is 0 Å². The van der Waals surface area contributed by atoms with Crippen LogP contribution in [0.3, 0.4) is 0 Å². The smallest absolute Gasteiger partial charge is 0.251 e. The van der Waals surface area contributed by atoms with E-state index in [0.717, 1.165) is 38.6 Å². The molecule has 1 heterocycles. The van der Waals surface area contributed by atoms with E-state index in [9.17, 15) is 14.7 Å². The lowest BCUT2D eigenvalue weighted by molar-refractivity contribution is -0.133. The number of likely N-dealkylation sites (tertiary alicyclic amines) is 1. The van der Waals surface area contributed by atoms with Crippen molar-refractivity contribution in [3.05, 3.63) is 35.9 Å². The minimum atomic E-state index is -0.312. The first-order valence-electron chi connectivity index (χ1n) is 9.37. The van der Waals surface area contributed by atoms with E-state index >= 15 is 0 Å². The average molecular weight is 344 g/mol. The van der Waals surface area contributed by atoms with Crippen LogP contribution in [-0.2, 0) is 4.79 Å². The molecule has 5 heteroatoms. The third-order valence-corrected chi connectivity index (χ3v) is 5.67. The lowest BCUT2D eigenvalue weighted by Crippen LogP contribution is -2.49. The first kappa shape index (κ1) is 17.9. The molecule has 1 saturated heterocycles. The summed E-state index contributed by atoms with van der Waals surface area (Å²) >= 11 is 0. The number of amides is 2. The van der Waals surface area contributed by atoms with E-state index in [1.165, 1.54) is 0 Å². The van der Waals surface area contributed by atoms with Gasteiger partial charge >= 0.3 is 0 Å². The van der Waals surface area contributed by atoms with Crippen molar-refractivity contribution in [2.75, 3.05) is 13.1 Å². The van der Waals surface area contributed by atoms with Crippen molar-refractivity contribution in [2.45, 2.75) is 51.2 Å². The maximum absolute atomic E-state index is 12.7. The molecule has 1 aromatic carbocycles. The fourth-order valence-corrected chi connectivity index (χ4v) is 4.32. The Morgan fingerprint density at radius 3 is 2.72 bits per heavy atom. The van der Waals surface area contributed by atoms with Crippen LogP contribution in [0.2, 0.25) is 0 Å². The van der Waals surface area contributed by atoms with Gasteiger partial charge in [-0.3, -0.25) is 9.59 Å². The Hall–Kier alpha value is -1.88. The molecule has 0 spiro atoms. The van der Waals surface area contributed by atoms with Crippen LogP contribution in [0.4, 0.5) is 0 Å². The van der Waals surface area contributed by atoms with Gasteiger partial charge in [-0.15, -0.1) is 0 Å². The van der Waals surface area contributed by atoms with Crippen molar-refractivity contribution in [2.24, 2.45) is 11.8 Å². The predicted octanol–water partition coefficient (Wildman–Crippen LogP) is 2.20. The molecule has 5 nitrogen and oxygen atoms in total. The minimum Gasteiger partial charge on any atom is -0.393 e. The van der Waals surface area contributed by atoms with E-state index in [0.29, 0.717) is 11.5 Å². The highest BCUT2D eigenvalue weighted by atomic mass is 16.3. The zero-order chi connectivity index (χ0) is 17.8. The number of aliphatic hydroxyl groups excluding tert-OH is 1. The van der Waals surface area contributed by atoms with Crippen molar-refractivity contribution in [1.82, 2.24) is 10.2 Å². The Labute approximate surface area is 149 Å². The highest BCUT2D eigenvalue weighted by Gasteiger charge is 2.40. The first-order valence-corrected chi connectivity index (χ1v) is 9.37. The molecule has 0 radical (unpaired) electrons. The molecule has 1 aromatic rings. The molecule has 4 atom stereocenters. The quantitative estimate of drug-likeness (QED) is 0.880. The van der Waals surface area contributed by atoms with Gasteiger partial charge in [0.25, 0.3) is 5.91 Å². The molecule has 2 fully saturated rings. The van der Waals surface area contributed by atoms with Crippen LogP contribution >= 0.6 is 0 Å². The number of carbonyl (C=O) groups is 2. The molecule has 25 heavy (non-hydrogen) atoms. The third kappa shape index (κ3) is 4.21. The molecule has 1 aliphatic carbocycles. The number of hydrogen-bond acceptors (Lipinski definition) is 3. The number of nitrogens with one attached hydrogen (secondary N) is 1. The summed E-state index contributed by atoms with van der Waals surface area (Å²) in [5, 5.41) is 13.1. The Bertz CT molecular complexity index is 604. The minimum absolute atomic E-state index is 0.0165. The van der Waals surface area contributed by atoms with Crippen LogP contribution in [0.5, 0.6) is 0 Å². The third-order valence-electron chi connectivity index (χ3n) is 5.67. The average Bonchev–Trinajstić information content (AvgIpc) is 3.11. The molecule has 4 unspecified atom stereocenters. The summed E-state index contributed by atoms with van der Waals surface area (Å²) < 4.78 is 0. The fourth-order valence-electron chi connectivity index (χ4n) is 4.32. The molecule has 0 aromatic heterocycles. The maximum Gasteiger partial charge on any atom is 0.251 e. The SMILES string of the molecule is CC1CCC(O)C(C2CCCN2C(=O)CNC(=O)c2ccccc2)C1. The van der Waals surface area contributed by atoms with Crippen molar-refractivity contribution >= 4 is 11.8 Å². The first-order chi connectivity index (χ1) is 12.1. The predicted molar refractivity (Wildman–Crippen MR) is 96.0 cm³/mol. The normalized spacial score (nSPS) is 29.4. The summed E-state index contributed by atoms with van der Waals surface area (Å²) in [5.74, 6) is 0.497. The Morgan fingerprint density at radius 2 is 1.96 bits per heavy atom. The number of nitrogens with zero attached hydrogens (tertiary/aromatic N) is 1. The molecule has 2 aliphatic rings. The molecule has 1 aliphatic heterocycles. The van der Waals surface area contributed by atoms with Gasteiger partial charge in [0.1, 0.15) is 0 Å². The topological polar surface area (TPSA) is 69.6 Å². The van der Waals surface area contributed by atoms with Gasteiger partial charge in [-0.1, -0.05) is 25.1 Å². The van der Waals surface area contributed by atoms with E-state index in [1.54, 1.807) is 24.3 Å². The molecule has 0 bridgehead atoms. The van der Waals surface area contributed by atoms with Crippen LogP contribution < -0.4 is 5.32 Å². The number of rotatable bonds is 4. The van der Waals surface area contributed by atoms with Gasteiger partial charge in [0.2, 0.25) is 5.91 Å². The van der Waals surface area contributed by atoms with Crippen LogP contribution in [0, 0.1) is 11.8 Å². The van der Waals surface area contributed by atoms with Gasteiger partial charge in [0.15, 0.2) is 0 Å². The zero-order valence-corrected chi connectivity index (χ0v) is 14.9. The molecule has 2 N–H and O–H groups in total. The second kappa shape index (κ2) is 8.00. The number of aliphatic hydroxyl groups is 1. The number of hydrogen-bond donors (Lipinski definition) is 2. The second-order valence-electron chi connectivity index (χ2n) is 7.49. The van der Waals surface area contributed by atoms with Crippen LogP contribution in [0.15, 0.2) is 30.3 Å². The lowest BCUT2D eigenvalue weighted by atomic mass is 9.76. The van der Waals surface area contributed by atoms with Crippen molar-refractivity contribution in [3.8, 4) is 0 Å². The van der Waals surface area contributed by atoms with Gasteiger partial charge in [0.05, 0.1) is 12.6 Å². The van der Waals surface area contributed by atoms with E-state index in [-0.39, 0.29) is 36.4 Å². The van der Waals surface area contributed by atoms with E-state index in [2.05, 4.69) is 12.2 Å². The summed E-state index contributed by atoms with van der Waals surface area (Å²) in [4.78, 5) is 26.7. The maximum atomic E-state index is 12.7. The number of benzene rings is 1. The second-order valence-corrected chi connectivity index (χ2v) is 7.49. The van der Waals surface area contributed by atoms with Gasteiger partial charge in [-0.05, 0) is 50.2 Å². The molecule has 2 amide bonds. The van der Waals surface area contributed by atoms with Crippen molar-refractivity contribution in [3.63, 3.8) is 0 Å². The van der Waals surface area contributed by atoms with Crippen molar-refractivity contribution < 1.29 is 14.7 Å². The van der Waals surface area contributed by atoms with Crippen LogP contribution in [0.1, 0.15) is 49.4 Å². The Kier molecular flexibility index (Phi) is 5.74. The van der Waals surface area contributed by atoms with Gasteiger partial charge in [0, 0.05) is 24.1 Å². The van der Waals surface area contributed by atoms with Gasteiger partial charge in [-0.25, -0.2) is 0 Å². The highest BCUT2D eigenvalue weighted by molar-refractivity contribution is 5.96. The summed E-state index contributed by atoms with van der Waals surface area (Å²) in [6.07, 6.45) is 4.48. The lowest BCUT2D eigenvalue weighted by Gasteiger charge is -2.39. The van der Waals surface area contributed by atoms with E-state index in [1.807, 2.05) is 11.0 Å². The zero-order valence-electron chi connectivity index (χ0n) is 14.9.